The molecule has 0 atom stereocenters. The van der Waals surface area contributed by atoms with Crippen molar-refractivity contribution in [2.24, 2.45) is 0 Å². The molecular formula is C40H27N5. The molecule has 0 aliphatic carbocycles. The molecule has 0 saturated carbocycles. The quantitative estimate of drug-likeness (QED) is 0.209. The maximum absolute atomic E-state index is 4.76. The highest BCUT2D eigenvalue weighted by molar-refractivity contribution is 6.10. The highest BCUT2D eigenvalue weighted by atomic mass is 15.3. The van der Waals surface area contributed by atoms with Gasteiger partial charge >= 0.3 is 0 Å². The van der Waals surface area contributed by atoms with Gasteiger partial charge in [-0.25, -0.2) is 9.67 Å². The largest absolute Gasteiger partial charge is 0.309 e. The lowest BCUT2D eigenvalue weighted by molar-refractivity contribution is 0.880. The molecule has 0 saturated heterocycles. The molecule has 0 amide bonds. The summed E-state index contributed by atoms with van der Waals surface area (Å²) >= 11 is 0. The Hall–Kier alpha value is -6.20. The molecule has 0 radical (unpaired) electrons. The monoisotopic (exact) mass is 577 g/mol. The molecule has 5 aromatic carbocycles. The Morgan fingerprint density at radius 2 is 1.27 bits per heavy atom. The highest BCUT2D eigenvalue weighted by Crippen LogP contribution is 2.44. The molecular weight excluding hydrogens is 550 g/mol. The first-order valence-electron chi connectivity index (χ1n) is 15.1. The van der Waals surface area contributed by atoms with Gasteiger partial charge in [-0.2, -0.15) is 5.10 Å². The number of hydrogen-bond acceptors (Lipinski definition) is 3. The van der Waals surface area contributed by atoms with Crippen LogP contribution in [0.15, 0.2) is 152 Å². The SMILES string of the molecule is C1=Cc2ccc(-n3cc(-c4ccccc4)cn3)cc2N(c2ccc3c4ccccc4n(-c4ccccn4)c3c2)c2ccccc21. The molecule has 5 heteroatoms. The Morgan fingerprint density at radius 3 is 2.16 bits per heavy atom. The van der Waals surface area contributed by atoms with Crippen LogP contribution in [0.1, 0.15) is 11.1 Å². The minimum absolute atomic E-state index is 0.898. The number of para-hydroxylation sites is 2. The summed E-state index contributed by atoms with van der Waals surface area (Å²) in [6, 6.07) is 46.9. The van der Waals surface area contributed by atoms with Crippen LogP contribution in [0, 0.1) is 0 Å². The molecule has 3 aromatic heterocycles. The van der Waals surface area contributed by atoms with Gasteiger partial charge in [0.25, 0.3) is 0 Å². The third-order valence-corrected chi connectivity index (χ3v) is 8.62. The van der Waals surface area contributed by atoms with Crippen molar-refractivity contribution in [3.8, 4) is 22.6 Å². The van der Waals surface area contributed by atoms with Crippen molar-refractivity contribution in [2.75, 3.05) is 4.90 Å². The van der Waals surface area contributed by atoms with Crippen molar-refractivity contribution in [3.63, 3.8) is 0 Å². The van der Waals surface area contributed by atoms with Gasteiger partial charge in [-0.15, -0.1) is 0 Å². The number of anilines is 3. The van der Waals surface area contributed by atoms with Crippen LogP contribution in [0.2, 0.25) is 0 Å². The second-order valence-corrected chi connectivity index (χ2v) is 11.3. The molecule has 5 nitrogen and oxygen atoms in total. The van der Waals surface area contributed by atoms with E-state index < -0.39 is 0 Å². The molecule has 9 rings (SSSR count). The van der Waals surface area contributed by atoms with E-state index in [1.165, 1.54) is 10.8 Å². The number of benzene rings is 5. The molecule has 1 aliphatic heterocycles. The van der Waals surface area contributed by atoms with Gasteiger partial charge in [-0.05, 0) is 65.2 Å². The van der Waals surface area contributed by atoms with Crippen molar-refractivity contribution in [1.29, 1.82) is 0 Å². The third kappa shape index (κ3) is 4.17. The second-order valence-electron chi connectivity index (χ2n) is 11.3. The van der Waals surface area contributed by atoms with Crippen molar-refractivity contribution >= 4 is 51.0 Å². The Kier molecular flexibility index (Phi) is 5.74. The molecule has 0 N–H and O–H groups in total. The average molecular weight is 578 g/mol. The summed E-state index contributed by atoms with van der Waals surface area (Å²) in [6.45, 7) is 0. The summed E-state index contributed by atoms with van der Waals surface area (Å²) in [6.07, 6.45) is 10.3. The van der Waals surface area contributed by atoms with E-state index in [9.17, 15) is 0 Å². The Labute approximate surface area is 260 Å². The zero-order chi connectivity index (χ0) is 29.7. The van der Waals surface area contributed by atoms with E-state index in [0.29, 0.717) is 0 Å². The van der Waals surface area contributed by atoms with Gasteiger partial charge in [0.05, 0.1) is 34.3 Å². The summed E-state index contributed by atoms with van der Waals surface area (Å²) in [5, 5.41) is 7.16. The van der Waals surface area contributed by atoms with Crippen molar-refractivity contribution in [1.82, 2.24) is 19.3 Å². The minimum Gasteiger partial charge on any atom is -0.309 e. The zero-order valence-electron chi connectivity index (χ0n) is 24.3. The van der Waals surface area contributed by atoms with Crippen LogP contribution >= 0.6 is 0 Å². The number of rotatable bonds is 4. The van der Waals surface area contributed by atoms with E-state index in [0.717, 1.165) is 61.9 Å². The van der Waals surface area contributed by atoms with Crippen LogP contribution < -0.4 is 4.90 Å². The predicted octanol–water partition coefficient (Wildman–Crippen LogP) is 9.98. The zero-order valence-corrected chi connectivity index (χ0v) is 24.3. The first-order valence-corrected chi connectivity index (χ1v) is 15.1. The molecule has 0 bridgehead atoms. The highest BCUT2D eigenvalue weighted by Gasteiger charge is 2.22. The molecule has 1 aliphatic rings. The first-order chi connectivity index (χ1) is 22.3. The van der Waals surface area contributed by atoms with Gasteiger partial charge in [-0.3, -0.25) is 4.57 Å². The Balaban J connectivity index is 1.25. The predicted molar refractivity (Wildman–Crippen MR) is 185 cm³/mol. The summed E-state index contributed by atoms with van der Waals surface area (Å²) in [7, 11) is 0. The van der Waals surface area contributed by atoms with E-state index in [1.54, 1.807) is 0 Å². The van der Waals surface area contributed by atoms with Crippen LogP contribution in [-0.2, 0) is 0 Å². The lowest BCUT2D eigenvalue weighted by atomic mass is 10.1. The first kappa shape index (κ1) is 25.3. The Bertz CT molecular complexity index is 2380. The topological polar surface area (TPSA) is 38.9 Å². The van der Waals surface area contributed by atoms with E-state index in [-0.39, 0.29) is 0 Å². The molecule has 0 fully saturated rings. The van der Waals surface area contributed by atoms with Gasteiger partial charge in [0, 0.05) is 34.4 Å². The summed E-state index contributed by atoms with van der Waals surface area (Å²) < 4.78 is 4.23. The number of nitrogens with zero attached hydrogens (tertiary/aromatic N) is 5. The number of aromatic nitrogens is 4. The molecule has 0 unspecified atom stereocenters. The second kappa shape index (κ2) is 10.2. The van der Waals surface area contributed by atoms with E-state index >= 15 is 0 Å². The van der Waals surface area contributed by atoms with Gasteiger partial charge in [0.1, 0.15) is 5.82 Å². The summed E-state index contributed by atoms with van der Waals surface area (Å²) in [5.74, 6) is 0.898. The van der Waals surface area contributed by atoms with E-state index in [1.807, 2.05) is 35.3 Å². The van der Waals surface area contributed by atoms with Crippen LogP contribution in [0.25, 0.3) is 56.6 Å². The fourth-order valence-electron chi connectivity index (χ4n) is 6.50. The normalized spacial score (nSPS) is 12.3. The molecule has 4 heterocycles. The molecule has 45 heavy (non-hydrogen) atoms. The summed E-state index contributed by atoms with van der Waals surface area (Å²) in [4.78, 5) is 7.12. The minimum atomic E-state index is 0.898. The van der Waals surface area contributed by atoms with E-state index in [2.05, 4.69) is 143 Å². The van der Waals surface area contributed by atoms with Crippen molar-refractivity contribution in [3.05, 3.63) is 163 Å². The number of pyridine rings is 1. The number of hydrogen-bond donors (Lipinski definition) is 0. The Morgan fingerprint density at radius 1 is 0.511 bits per heavy atom. The summed E-state index contributed by atoms with van der Waals surface area (Å²) in [5.41, 5.74) is 11.0. The van der Waals surface area contributed by atoms with Gasteiger partial charge < -0.3 is 4.90 Å². The van der Waals surface area contributed by atoms with Gasteiger partial charge in [0.15, 0.2) is 0 Å². The smallest absolute Gasteiger partial charge is 0.137 e. The third-order valence-electron chi connectivity index (χ3n) is 8.62. The fourth-order valence-corrected chi connectivity index (χ4v) is 6.50. The number of fused-ring (bicyclic) bond motifs is 5. The van der Waals surface area contributed by atoms with Crippen LogP contribution in [0.5, 0.6) is 0 Å². The van der Waals surface area contributed by atoms with E-state index in [4.69, 9.17) is 10.1 Å². The standard InChI is InChI=1S/C40H27N5/c1-2-10-28(11-3-1)31-26-42-43(27-31)32-20-19-30-18-17-29-12-4-6-14-36(29)44(38(30)24-32)33-21-22-35-34-13-5-7-15-37(34)45(39(35)25-33)40-16-8-9-23-41-40/h1-27H. The maximum Gasteiger partial charge on any atom is 0.137 e. The van der Waals surface area contributed by atoms with Gasteiger partial charge in [-0.1, -0.05) is 97.1 Å². The lowest BCUT2D eigenvalue weighted by Crippen LogP contribution is -2.12. The molecule has 0 spiro atoms. The molecule has 212 valence electrons. The van der Waals surface area contributed by atoms with Crippen molar-refractivity contribution < 1.29 is 0 Å². The fraction of sp³-hybridized carbons (Fsp3) is 0. The van der Waals surface area contributed by atoms with Crippen LogP contribution in [-0.4, -0.2) is 19.3 Å². The van der Waals surface area contributed by atoms with Crippen LogP contribution in [0.4, 0.5) is 17.1 Å². The van der Waals surface area contributed by atoms with Crippen LogP contribution in [0.3, 0.4) is 0 Å². The molecule has 8 aromatic rings. The van der Waals surface area contributed by atoms with Gasteiger partial charge in [0.2, 0.25) is 0 Å². The lowest BCUT2D eigenvalue weighted by Gasteiger charge is -2.28. The maximum atomic E-state index is 4.76. The average Bonchev–Trinajstić information content (AvgIpc) is 3.68. The van der Waals surface area contributed by atoms with Crippen molar-refractivity contribution in [2.45, 2.75) is 0 Å².